The van der Waals surface area contributed by atoms with Gasteiger partial charge in [0.25, 0.3) is 11.8 Å². The van der Waals surface area contributed by atoms with E-state index in [-0.39, 0.29) is 29.0 Å². The maximum Gasteiger partial charge on any atom is 0.274 e. The Morgan fingerprint density at radius 3 is 2.30 bits per heavy atom. The number of carbonyl (C=O) groups excluding carboxylic acids is 3. The van der Waals surface area contributed by atoms with Gasteiger partial charge in [0.2, 0.25) is 5.91 Å². The Bertz CT molecular complexity index is 914. The van der Waals surface area contributed by atoms with E-state index in [0.29, 0.717) is 26.2 Å². The lowest BCUT2D eigenvalue weighted by atomic mass is 10.0. The minimum absolute atomic E-state index is 0.102. The third-order valence-corrected chi connectivity index (χ3v) is 5.00. The van der Waals surface area contributed by atoms with Gasteiger partial charge in [-0.15, -0.1) is 0 Å². The van der Waals surface area contributed by atoms with Crippen molar-refractivity contribution >= 4 is 17.7 Å². The molecule has 0 spiro atoms. The van der Waals surface area contributed by atoms with Gasteiger partial charge >= 0.3 is 0 Å². The molecule has 8 nitrogen and oxygen atoms in total. The lowest BCUT2D eigenvalue weighted by molar-refractivity contribution is -0.135. The second-order valence-electron chi connectivity index (χ2n) is 7.38. The fourth-order valence-electron chi connectivity index (χ4n) is 3.28. The van der Waals surface area contributed by atoms with Crippen LogP contribution < -0.4 is 5.32 Å². The van der Waals surface area contributed by atoms with Crippen molar-refractivity contribution in [3.05, 3.63) is 59.9 Å². The molecular formula is C21H24FN5O3. The summed E-state index contributed by atoms with van der Waals surface area (Å²) in [5, 5.41) is 2.66. The van der Waals surface area contributed by atoms with Crippen LogP contribution >= 0.6 is 0 Å². The van der Waals surface area contributed by atoms with Crippen molar-refractivity contribution in [2.24, 2.45) is 5.92 Å². The summed E-state index contributed by atoms with van der Waals surface area (Å²) in [6, 6.07) is 4.85. The van der Waals surface area contributed by atoms with E-state index in [9.17, 15) is 18.8 Å². The van der Waals surface area contributed by atoms with Crippen LogP contribution in [0.4, 0.5) is 4.39 Å². The molecule has 3 amide bonds. The molecule has 1 aromatic heterocycles. The van der Waals surface area contributed by atoms with Crippen LogP contribution in [0.1, 0.15) is 34.7 Å². The number of benzene rings is 1. The van der Waals surface area contributed by atoms with E-state index in [2.05, 4.69) is 15.3 Å². The average molecular weight is 413 g/mol. The van der Waals surface area contributed by atoms with Crippen molar-refractivity contribution in [3.63, 3.8) is 0 Å². The summed E-state index contributed by atoms with van der Waals surface area (Å²) in [6.07, 6.45) is 4.36. The maximum absolute atomic E-state index is 13.9. The minimum atomic E-state index is -0.792. The number of nitrogens with zero attached hydrogens (tertiary/aromatic N) is 4. The van der Waals surface area contributed by atoms with E-state index < -0.39 is 17.8 Å². The highest BCUT2D eigenvalue weighted by atomic mass is 19.1. The van der Waals surface area contributed by atoms with Crippen molar-refractivity contribution in [2.45, 2.75) is 19.9 Å². The molecule has 1 aliphatic heterocycles. The molecule has 3 rings (SSSR count). The third-order valence-electron chi connectivity index (χ3n) is 5.00. The third kappa shape index (κ3) is 4.79. The summed E-state index contributed by atoms with van der Waals surface area (Å²) in [5.41, 5.74) is 0.157. The lowest BCUT2D eigenvalue weighted by Gasteiger charge is -2.37. The predicted octanol–water partition coefficient (Wildman–Crippen LogP) is 1.35. The van der Waals surface area contributed by atoms with Crippen molar-refractivity contribution in [1.29, 1.82) is 0 Å². The second-order valence-corrected chi connectivity index (χ2v) is 7.38. The molecule has 1 saturated heterocycles. The monoisotopic (exact) mass is 413 g/mol. The highest BCUT2D eigenvalue weighted by Gasteiger charge is 2.32. The number of hydrogen-bond acceptors (Lipinski definition) is 5. The zero-order valence-corrected chi connectivity index (χ0v) is 16.9. The number of aromatic nitrogens is 2. The first kappa shape index (κ1) is 21.4. The van der Waals surface area contributed by atoms with Crippen LogP contribution in [0.15, 0.2) is 42.9 Å². The van der Waals surface area contributed by atoms with Crippen LogP contribution in [0, 0.1) is 11.7 Å². The molecule has 9 heteroatoms. The summed E-state index contributed by atoms with van der Waals surface area (Å²) in [7, 11) is 0. The van der Waals surface area contributed by atoms with E-state index >= 15 is 0 Å². The van der Waals surface area contributed by atoms with Gasteiger partial charge in [-0.3, -0.25) is 19.4 Å². The number of halogens is 1. The molecule has 0 radical (unpaired) electrons. The van der Waals surface area contributed by atoms with Gasteiger partial charge in [-0.2, -0.15) is 0 Å². The molecule has 2 aromatic rings. The molecule has 2 heterocycles. The fraction of sp³-hybridized carbons (Fsp3) is 0.381. The van der Waals surface area contributed by atoms with Crippen LogP contribution in [0.3, 0.4) is 0 Å². The van der Waals surface area contributed by atoms with Gasteiger partial charge in [-0.25, -0.2) is 9.37 Å². The Kier molecular flexibility index (Phi) is 6.71. The van der Waals surface area contributed by atoms with Gasteiger partial charge in [-0.05, 0) is 18.1 Å². The number of carbonyl (C=O) groups is 3. The quantitative estimate of drug-likeness (QED) is 0.799. The minimum Gasteiger partial charge on any atom is -0.340 e. The Morgan fingerprint density at radius 1 is 1.03 bits per heavy atom. The van der Waals surface area contributed by atoms with Crippen molar-refractivity contribution in [3.8, 4) is 0 Å². The van der Waals surface area contributed by atoms with E-state index in [4.69, 9.17) is 0 Å². The van der Waals surface area contributed by atoms with Gasteiger partial charge in [-0.1, -0.05) is 26.0 Å². The molecule has 0 aliphatic carbocycles. The smallest absolute Gasteiger partial charge is 0.274 e. The second kappa shape index (κ2) is 9.43. The van der Waals surface area contributed by atoms with Gasteiger partial charge < -0.3 is 15.1 Å². The molecule has 0 saturated carbocycles. The molecule has 1 N–H and O–H groups in total. The topological polar surface area (TPSA) is 95.5 Å². The molecule has 1 fully saturated rings. The molecular weight excluding hydrogens is 389 g/mol. The van der Waals surface area contributed by atoms with E-state index in [1.165, 1.54) is 36.8 Å². The number of hydrogen-bond donors (Lipinski definition) is 1. The first-order valence-corrected chi connectivity index (χ1v) is 9.78. The molecule has 1 aliphatic rings. The summed E-state index contributed by atoms with van der Waals surface area (Å²) in [4.78, 5) is 49.1. The Morgan fingerprint density at radius 2 is 1.70 bits per heavy atom. The molecule has 1 aromatic carbocycles. The lowest BCUT2D eigenvalue weighted by Crippen LogP contribution is -2.57. The fourth-order valence-corrected chi connectivity index (χ4v) is 3.28. The summed E-state index contributed by atoms with van der Waals surface area (Å²) < 4.78 is 13.9. The SMILES string of the molecule is CC(C)C(NC(=O)c1ccccc1F)C(=O)N1CCN(C(=O)c2cnccn2)CC1. The van der Waals surface area contributed by atoms with Crippen molar-refractivity contribution in [2.75, 3.05) is 26.2 Å². The van der Waals surface area contributed by atoms with E-state index in [0.717, 1.165) is 0 Å². The summed E-state index contributed by atoms with van der Waals surface area (Å²) in [5.74, 6) is -1.94. The maximum atomic E-state index is 13.9. The van der Waals surface area contributed by atoms with Gasteiger partial charge in [0, 0.05) is 38.6 Å². The molecule has 158 valence electrons. The largest absolute Gasteiger partial charge is 0.340 e. The van der Waals surface area contributed by atoms with Crippen LogP contribution in [0.25, 0.3) is 0 Å². The summed E-state index contributed by atoms with van der Waals surface area (Å²) in [6.45, 7) is 5.02. The normalized spacial score (nSPS) is 15.1. The van der Waals surface area contributed by atoms with Crippen molar-refractivity contribution < 1.29 is 18.8 Å². The highest BCUT2D eigenvalue weighted by Crippen LogP contribution is 2.13. The number of piperazine rings is 1. The summed E-state index contributed by atoms with van der Waals surface area (Å²) >= 11 is 0. The van der Waals surface area contributed by atoms with Crippen LogP contribution in [-0.2, 0) is 4.79 Å². The predicted molar refractivity (Wildman–Crippen MR) is 107 cm³/mol. The van der Waals surface area contributed by atoms with Crippen LogP contribution in [-0.4, -0.2) is 69.7 Å². The zero-order chi connectivity index (χ0) is 21.7. The molecule has 1 unspecified atom stereocenters. The number of nitrogens with one attached hydrogen (secondary N) is 1. The molecule has 30 heavy (non-hydrogen) atoms. The van der Waals surface area contributed by atoms with Crippen LogP contribution in [0.2, 0.25) is 0 Å². The van der Waals surface area contributed by atoms with Gasteiger partial charge in [0.1, 0.15) is 17.6 Å². The Hall–Kier alpha value is -3.36. The van der Waals surface area contributed by atoms with Crippen molar-refractivity contribution in [1.82, 2.24) is 25.1 Å². The average Bonchev–Trinajstić information content (AvgIpc) is 2.77. The molecule has 0 bridgehead atoms. The van der Waals surface area contributed by atoms with Gasteiger partial charge in [0.05, 0.1) is 11.8 Å². The Balaban J connectivity index is 1.62. The zero-order valence-electron chi connectivity index (χ0n) is 16.9. The van der Waals surface area contributed by atoms with E-state index in [1.54, 1.807) is 15.9 Å². The Labute approximate surface area is 174 Å². The van der Waals surface area contributed by atoms with Gasteiger partial charge in [0.15, 0.2) is 0 Å². The standard InChI is InChI=1S/C21H24FN5O3/c1-14(2)18(25-19(28)15-5-3-4-6-16(15)22)21(30)27-11-9-26(10-12-27)20(29)17-13-23-7-8-24-17/h3-8,13-14,18H,9-12H2,1-2H3,(H,25,28). The molecule has 1 atom stereocenters. The highest BCUT2D eigenvalue weighted by molar-refractivity contribution is 5.98. The van der Waals surface area contributed by atoms with Crippen LogP contribution in [0.5, 0.6) is 0 Å². The number of amides is 3. The first-order valence-electron chi connectivity index (χ1n) is 9.78. The van der Waals surface area contributed by atoms with E-state index in [1.807, 2.05) is 13.8 Å². The number of rotatable bonds is 5. The first-order chi connectivity index (χ1) is 14.4.